The maximum atomic E-state index is 13.7. The fourth-order valence-electron chi connectivity index (χ4n) is 1.85. The van der Waals surface area contributed by atoms with Crippen LogP contribution in [0.4, 0.5) is 15.8 Å². The molecule has 21 heavy (non-hydrogen) atoms. The lowest BCUT2D eigenvalue weighted by molar-refractivity contribution is -0.384. The molecule has 1 aromatic carbocycles. The average molecular weight is 292 g/mol. The number of benzene rings is 1. The van der Waals surface area contributed by atoms with Crippen LogP contribution >= 0.6 is 0 Å². The van der Waals surface area contributed by atoms with Gasteiger partial charge >= 0.3 is 0 Å². The Hall–Kier alpha value is -2.44. The first-order valence-electron chi connectivity index (χ1n) is 6.50. The molecule has 2 aromatic rings. The molecule has 0 aliphatic heterocycles. The summed E-state index contributed by atoms with van der Waals surface area (Å²) in [5.74, 6) is -0.646. The number of nitro benzene ring substituents is 1. The molecule has 0 amide bonds. The van der Waals surface area contributed by atoms with Gasteiger partial charge in [-0.3, -0.25) is 14.8 Å². The molecule has 0 spiro atoms. The van der Waals surface area contributed by atoms with Crippen LogP contribution in [0.1, 0.15) is 26.3 Å². The quantitative estimate of drug-likeness (QED) is 0.693. The van der Waals surface area contributed by atoms with Crippen molar-refractivity contribution in [3.8, 4) is 0 Å². The van der Waals surface area contributed by atoms with Crippen molar-refractivity contribution in [2.24, 2.45) is 0 Å². The molecule has 7 heteroatoms. The summed E-state index contributed by atoms with van der Waals surface area (Å²) in [6.07, 6.45) is 3.49. The standard InChI is InChI=1S/C14H17FN4O2/c1-14(2,3)18-9-10(8-17-18)7-16-13-11(15)5-4-6-12(13)19(20)21/h4-6,8-9,16H,7H2,1-3H3. The molecular formula is C14H17FN4O2. The number of anilines is 1. The van der Waals surface area contributed by atoms with Gasteiger partial charge in [-0.15, -0.1) is 0 Å². The highest BCUT2D eigenvalue weighted by atomic mass is 19.1. The molecule has 1 heterocycles. The number of nitrogens with one attached hydrogen (secondary N) is 1. The van der Waals surface area contributed by atoms with Crippen molar-refractivity contribution >= 4 is 11.4 Å². The molecule has 0 fully saturated rings. The van der Waals surface area contributed by atoms with E-state index in [-0.39, 0.29) is 23.5 Å². The number of hydrogen-bond acceptors (Lipinski definition) is 4. The summed E-state index contributed by atoms with van der Waals surface area (Å²) >= 11 is 0. The van der Waals surface area contributed by atoms with Gasteiger partial charge in [0, 0.05) is 24.4 Å². The van der Waals surface area contributed by atoms with E-state index in [4.69, 9.17) is 0 Å². The molecule has 112 valence electrons. The molecule has 0 aliphatic rings. The molecule has 0 radical (unpaired) electrons. The van der Waals surface area contributed by atoms with Crippen molar-refractivity contribution in [3.63, 3.8) is 0 Å². The van der Waals surface area contributed by atoms with E-state index in [0.29, 0.717) is 0 Å². The predicted octanol–water partition coefficient (Wildman–Crippen LogP) is 3.30. The minimum atomic E-state index is -0.646. The molecule has 6 nitrogen and oxygen atoms in total. The van der Waals surface area contributed by atoms with Gasteiger partial charge < -0.3 is 5.32 Å². The van der Waals surface area contributed by atoms with E-state index in [1.165, 1.54) is 18.2 Å². The molecule has 0 atom stereocenters. The number of aromatic nitrogens is 2. The Morgan fingerprint density at radius 1 is 1.43 bits per heavy atom. The van der Waals surface area contributed by atoms with Crippen LogP contribution in [-0.4, -0.2) is 14.7 Å². The second-order valence-corrected chi connectivity index (χ2v) is 5.71. The minimum absolute atomic E-state index is 0.106. The SMILES string of the molecule is CC(C)(C)n1cc(CNc2c(F)cccc2[N+](=O)[O-])cn1. The second-order valence-electron chi connectivity index (χ2n) is 5.71. The van der Waals surface area contributed by atoms with Crippen molar-refractivity contribution in [1.29, 1.82) is 0 Å². The average Bonchev–Trinajstić information content (AvgIpc) is 2.85. The third-order valence-corrected chi connectivity index (χ3v) is 2.98. The second kappa shape index (κ2) is 5.51. The van der Waals surface area contributed by atoms with Crippen LogP contribution in [0, 0.1) is 15.9 Å². The number of para-hydroxylation sites is 1. The zero-order chi connectivity index (χ0) is 15.6. The van der Waals surface area contributed by atoms with Gasteiger partial charge in [-0.25, -0.2) is 4.39 Å². The first-order chi connectivity index (χ1) is 9.79. The summed E-state index contributed by atoms with van der Waals surface area (Å²) in [6, 6.07) is 3.77. The van der Waals surface area contributed by atoms with E-state index in [0.717, 1.165) is 5.56 Å². The zero-order valence-corrected chi connectivity index (χ0v) is 12.1. The van der Waals surface area contributed by atoms with Crippen LogP contribution in [-0.2, 0) is 12.1 Å². The number of nitro groups is 1. The largest absolute Gasteiger partial charge is 0.373 e. The van der Waals surface area contributed by atoms with Gasteiger partial charge in [0.15, 0.2) is 5.82 Å². The highest BCUT2D eigenvalue weighted by Gasteiger charge is 2.18. The van der Waals surface area contributed by atoms with Gasteiger partial charge in [-0.2, -0.15) is 5.10 Å². The van der Waals surface area contributed by atoms with Gasteiger partial charge in [-0.05, 0) is 26.8 Å². The number of halogens is 1. The maximum absolute atomic E-state index is 13.7. The van der Waals surface area contributed by atoms with Crippen LogP contribution in [0.2, 0.25) is 0 Å². The zero-order valence-electron chi connectivity index (χ0n) is 12.1. The molecular weight excluding hydrogens is 275 g/mol. The van der Waals surface area contributed by atoms with E-state index in [1.54, 1.807) is 10.9 Å². The van der Waals surface area contributed by atoms with Crippen molar-refractivity contribution < 1.29 is 9.31 Å². The molecule has 0 saturated carbocycles. The Morgan fingerprint density at radius 3 is 2.71 bits per heavy atom. The van der Waals surface area contributed by atoms with Gasteiger partial charge in [0.1, 0.15) is 5.69 Å². The third-order valence-electron chi connectivity index (χ3n) is 2.98. The lowest BCUT2D eigenvalue weighted by Gasteiger charge is -2.18. The molecule has 0 saturated heterocycles. The number of hydrogen-bond donors (Lipinski definition) is 1. The van der Waals surface area contributed by atoms with Crippen LogP contribution in [0.5, 0.6) is 0 Å². The first-order valence-corrected chi connectivity index (χ1v) is 6.50. The summed E-state index contributed by atoms with van der Waals surface area (Å²) in [5, 5.41) is 17.9. The van der Waals surface area contributed by atoms with Crippen LogP contribution in [0.15, 0.2) is 30.6 Å². The van der Waals surface area contributed by atoms with Crippen molar-refractivity contribution in [1.82, 2.24) is 9.78 Å². The molecule has 0 aliphatic carbocycles. The molecule has 2 rings (SSSR count). The van der Waals surface area contributed by atoms with Gasteiger partial charge in [-0.1, -0.05) is 6.07 Å². The smallest absolute Gasteiger partial charge is 0.295 e. The summed E-state index contributed by atoms with van der Waals surface area (Å²) in [5.41, 5.74) is 0.286. The van der Waals surface area contributed by atoms with E-state index >= 15 is 0 Å². The van der Waals surface area contributed by atoms with Crippen LogP contribution in [0.25, 0.3) is 0 Å². The first kappa shape index (κ1) is 15.0. The molecule has 1 N–H and O–H groups in total. The Labute approximate surface area is 121 Å². The minimum Gasteiger partial charge on any atom is -0.373 e. The summed E-state index contributed by atoms with van der Waals surface area (Å²) in [6.45, 7) is 6.30. The highest BCUT2D eigenvalue weighted by molar-refractivity contribution is 5.62. The number of rotatable bonds is 4. The van der Waals surface area contributed by atoms with E-state index in [9.17, 15) is 14.5 Å². The van der Waals surface area contributed by atoms with Gasteiger partial charge in [0.25, 0.3) is 5.69 Å². The summed E-state index contributed by atoms with van der Waals surface area (Å²) in [7, 11) is 0. The maximum Gasteiger partial charge on any atom is 0.295 e. The fraction of sp³-hybridized carbons (Fsp3) is 0.357. The van der Waals surface area contributed by atoms with Crippen LogP contribution < -0.4 is 5.32 Å². The predicted molar refractivity (Wildman–Crippen MR) is 77.6 cm³/mol. The van der Waals surface area contributed by atoms with Crippen molar-refractivity contribution in [3.05, 3.63) is 52.1 Å². The van der Waals surface area contributed by atoms with Crippen molar-refractivity contribution in [2.45, 2.75) is 32.9 Å². The lowest BCUT2D eigenvalue weighted by atomic mass is 10.1. The Bertz CT molecular complexity index is 661. The molecule has 0 bridgehead atoms. The Kier molecular flexibility index (Phi) is 3.93. The summed E-state index contributed by atoms with van der Waals surface area (Å²) in [4.78, 5) is 10.3. The molecule has 1 aromatic heterocycles. The number of nitrogens with zero attached hydrogens (tertiary/aromatic N) is 3. The van der Waals surface area contributed by atoms with Crippen molar-refractivity contribution in [2.75, 3.05) is 5.32 Å². The van der Waals surface area contributed by atoms with E-state index in [2.05, 4.69) is 10.4 Å². The van der Waals surface area contributed by atoms with E-state index < -0.39 is 10.7 Å². The van der Waals surface area contributed by atoms with Gasteiger partial charge in [0.2, 0.25) is 0 Å². The van der Waals surface area contributed by atoms with E-state index in [1.807, 2.05) is 27.0 Å². The lowest BCUT2D eigenvalue weighted by Crippen LogP contribution is -2.22. The monoisotopic (exact) mass is 292 g/mol. The Balaban J connectivity index is 2.17. The summed E-state index contributed by atoms with van der Waals surface area (Å²) < 4.78 is 15.5. The highest BCUT2D eigenvalue weighted by Crippen LogP contribution is 2.27. The fourth-order valence-corrected chi connectivity index (χ4v) is 1.85. The Morgan fingerprint density at radius 2 is 2.14 bits per heavy atom. The molecule has 0 unspecified atom stereocenters. The van der Waals surface area contributed by atoms with Crippen LogP contribution in [0.3, 0.4) is 0 Å². The van der Waals surface area contributed by atoms with Gasteiger partial charge in [0.05, 0.1) is 16.7 Å². The third kappa shape index (κ3) is 3.36. The topological polar surface area (TPSA) is 73.0 Å². The normalized spacial score (nSPS) is 11.4.